The average molecular weight is 636 g/mol. The van der Waals surface area contributed by atoms with Crippen LogP contribution in [-0.4, -0.2) is 19.5 Å². The van der Waals surface area contributed by atoms with Gasteiger partial charge in [-0.3, -0.25) is 0 Å². The molecule has 0 aliphatic heterocycles. The first-order chi connectivity index (χ1) is 28.0. The van der Waals surface area contributed by atoms with Crippen molar-refractivity contribution in [1.82, 2.24) is 19.5 Å². The summed E-state index contributed by atoms with van der Waals surface area (Å²) in [5.74, 6) is 1.41. The van der Waals surface area contributed by atoms with Crippen LogP contribution in [0, 0.1) is 0 Å². The highest BCUT2D eigenvalue weighted by molar-refractivity contribution is 6.15. The van der Waals surface area contributed by atoms with Crippen molar-refractivity contribution in [2.45, 2.75) is 0 Å². The van der Waals surface area contributed by atoms with Gasteiger partial charge in [0.05, 0.1) is 23.4 Å². The lowest BCUT2D eigenvalue weighted by Crippen LogP contribution is -2.00. The van der Waals surface area contributed by atoms with Crippen LogP contribution in [0.5, 0.6) is 0 Å². The molecule has 0 saturated heterocycles. The second-order valence-electron chi connectivity index (χ2n) is 11.4. The monoisotopic (exact) mass is 635 g/mol. The zero-order valence-corrected chi connectivity index (χ0v) is 25.9. The van der Waals surface area contributed by atoms with Crippen molar-refractivity contribution in [3.8, 4) is 62.1 Å². The van der Waals surface area contributed by atoms with Crippen molar-refractivity contribution in [2.24, 2.45) is 0 Å². The van der Waals surface area contributed by atoms with Gasteiger partial charge < -0.3 is 4.57 Å². The molecule has 0 aliphatic carbocycles. The Morgan fingerprint density at radius 1 is 0.388 bits per heavy atom. The Balaban J connectivity index is 1.22. The van der Waals surface area contributed by atoms with E-state index in [-0.39, 0.29) is 34.1 Å². The zero-order valence-electron chi connectivity index (χ0n) is 34.9. The summed E-state index contributed by atoms with van der Waals surface area (Å²) in [6.45, 7) is 0. The van der Waals surface area contributed by atoms with E-state index in [4.69, 9.17) is 27.3 Å². The quantitative estimate of drug-likeness (QED) is 0.183. The molecule has 0 fully saturated rings. The maximum Gasteiger partial charge on any atom is 0.164 e. The van der Waals surface area contributed by atoms with E-state index in [1.807, 2.05) is 97.1 Å². The predicted molar refractivity (Wildman–Crippen MR) is 201 cm³/mol. The topological polar surface area (TPSA) is 43.6 Å². The van der Waals surface area contributed by atoms with Crippen molar-refractivity contribution in [3.05, 3.63) is 182 Å². The Labute approximate surface area is 297 Å². The molecule has 9 rings (SSSR count). The number of para-hydroxylation sites is 1. The Kier molecular flexibility index (Phi) is 5.11. The van der Waals surface area contributed by atoms with Crippen LogP contribution in [-0.2, 0) is 0 Å². The van der Waals surface area contributed by atoms with E-state index in [1.54, 1.807) is 22.8 Å². The number of aromatic nitrogens is 4. The summed E-state index contributed by atoms with van der Waals surface area (Å²) in [4.78, 5) is 14.7. The van der Waals surface area contributed by atoms with E-state index in [2.05, 4.69) is 12.1 Å². The van der Waals surface area contributed by atoms with Crippen LogP contribution in [0.4, 0.5) is 0 Å². The van der Waals surface area contributed by atoms with Gasteiger partial charge in [-0.1, -0.05) is 145 Å². The van der Waals surface area contributed by atoms with E-state index in [0.717, 1.165) is 22.3 Å². The van der Waals surface area contributed by atoms with Crippen LogP contribution >= 0.6 is 0 Å². The van der Waals surface area contributed by atoms with Crippen molar-refractivity contribution < 1.29 is 12.3 Å². The lowest BCUT2D eigenvalue weighted by molar-refractivity contribution is 1.07. The summed E-state index contributed by atoms with van der Waals surface area (Å²) >= 11 is 0. The third-order valence-corrected chi connectivity index (χ3v) is 8.50. The van der Waals surface area contributed by atoms with Crippen LogP contribution in [0.2, 0.25) is 0 Å². The van der Waals surface area contributed by atoms with Gasteiger partial charge in [0, 0.05) is 33.2 Å². The second kappa shape index (κ2) is 12.2. The fourth-order valence-electron chi connectivity index (χ4n) is 6.18. The van der Waals surface area contributed by atoms with Crippen molar-refractivity contribution >= 4 is 21.8 Å². The molecule has 4 heteroatoms. The Morgan fingerprint density at radius 3 is 1.55 bits per heavy atom. The van der Waals surface area contributed by atoms with E-state index in [9.17, 15) is 0 Å². The fraction of sp³-hybridized carbons (Fsp3) is 0. The molecular formula is C45H30N4. The minimum atomic E-state index is -0.530. The molecule has 7 aromatic carbocycles. The first kappa shape index (κ1) is 20.6. The summed E-state index contributed by atoms with van der Waals surface area (Å²) < 4.78 is 79.3. The molecule has 0 N–H and O–H groups in total. The van der Waals surface area contributed by atoms with Crippen LogP contribution < -0.4 is 0 Å². The Hall–Kier alpha value is -6.65. The minimum absolute atomic E-state index is 0.0621. The molecule has 0 radical (unpaired) electrons. The smallest absolute Gasteiger partial charge is 0.164 e. The molecule has 0 amide bonds. The average Bonchev–Trinajstić information content (AvgIpc) is 3.63. The SMILES string of the molecule is [2H]c1c([2H])c([2H])c(-c2cccc3c2c2c([2H])c([2H])c([2H])c([2H])c2n3-c2ccc(-c3nc(-c4ccccc4)nc(-c4ccc(-c5ccccc5)cc4)n3)cc2)c([2H])c1[2H]. The molecule has 2 heterocycles. The summed E-state index contributed by atoms with van der Waals surface area (Å²) in [5, 5.41) is 0.500. The number of hydrogen-bond acceptors (Lipinski definition) is 3. The number of fused-ring (bicyclic) bond motifs is 3. The maximum absolute atomic E-state index is 9.06. The van der Waals surface area contributed by atoms with Crippen LogP contribution in [0.25, 0.3) is 83.9 Å². The molecule has 230 valence electrons. The van der Waals surface area contributed by atoms with E-state index in [0.29, 0.717) is 39.6 Å². The van der Waals surface area contributed by atoms with Gasteiger partial charge in [0.25, 0.3) is 0 Å². The highest BCUT2D eigenvalue weighted by Crippen LogP contribution is 2.38. The van der Waals surface area contributed by atoms with Crippen molar-refractivity contribution in [2.75, 3.05) is 0 Å². The standard InChI is InChI=1S/C45H30N4/c1-4-13-31(14-5-1)32-23-25-35(26-24-32)44-46-43(34-17-8-3-9-18-34)47-45(48-44)36-27-29-37(30-28-36)49-40-21-11-10-19-39(40)42-38(20-12-22-41(42)49)33-15-6-2-7-16-33/h1-30H/i2D,6D,7D,10D,11D,15D,16D,19D,21D. The predicted octanol–water partition coefficient (Wildman–Crippen LogP) is 11.3. The minimum Gasteiger partial charge on any atom is -0.309 e. The molecule has 0 saturated carbocycles. The number of nitrogens with zero attached hydrogens (tertiary/aromatic N) is 4. The molecule has 9 aromatic rings. The molecule has 2 aromatic heterocycles. The van der Waals surface area contributed by atoms with E-state index >= 15 is 0 Å². The third kappa shape index (κ3) is 5.26. The second-order valence-corrected chi connectivity index (χ2v) is 11.4. The van der Waals surface area contributed by atoms with Gasteiger partial charge in [0.15, 0.2) is 17.5 Å². The van der Waals surface area contributed by atoms with Gasteiger partial charge in [-0.25, -0.2) is 15.0 Å². The highest BCUT2D eigenvalue weighted by Gasteiger charge is 2.17. The summed E-state index contributed by atoms with van der Waals surface area (Å²) in [7, 11) is 0. The van der Waals surface area contributed by atoms with Crippen molar-refractivity contribution in [1.29, 1.82) is 0 Å². The first-order valence-corrected chi connectivity index (χ1v) is 15.7. The largest absolute Gasteiger partial charge is 0.309 e. The first-order valence-electron chi connectivity index (χ1n) is 20.2. The zero-order chi connectivity index (χ0) is 40.4. The van der Waals surface area contributed by atoms with Crippen LogP contribution in [0.15, 0.2) is 182 Å². The van der Waals surface area contributed by atoms with E-state index < -0.39 is 42.3 Å². The molecule has 0 unspecified atom stereocenters. The summed E-state index contributed by atoms with van der Waals surface area (Å²) in [6, 6.07) is 36.3. The van der Waals surface area contributed by atoms with Gasteiger partial charge in [-0.15, -0.1) is 0 Å². The van der Waals surface area contributed by atoms with Gasteiger partial charge in [0.1, 0.15) is 0 Å². The van der Waals surface area contributed by atoms with Gasteiger partial charge in [-0.05, 0) is 58.6 Å². The molecule has 0 atom stereocenters. The van der Waals surface area contributed by atoms with Crippen LogP contribution in [0.1, 0.15) is 12.3 Å². The summed E-state index contributed by atoms with van der Waals surface area (Å²) in [6.07, 6.45) is 0. The molecule has 0 aliphatic rings. The van der Waals surface area contributed by atoms with Crippen LogP contribution in [0.3, 0.4) is 0 Å². The lowest BCUT2D eigenvalue weighted by atomic mass is 9.99. The molecule has 0 spiro atoms. The molecule has 4 nitrogen and oxygen atoms in total. The summed E-state index contributed by atoms with van der Waals surface area (Å²) in [5.41, 5.74) is 5.86. The Bertz CT molecular complexity index is 3050. The number of rotatable bonds is 6. The molecule has 49 heavy (non-hydrogen) atoms. The maximum atomic E-state index is 9.06. The normalized spacial score (nSPS) is 13.8. The van der Waals surface area contributed by atoms with Crippen molar-refractivity contribution in [3.63, 3.8) is 0 Å². The number of benzene rings is 7. The molecular weight excluding hydrogens is 597 g/mol. The van der Waals surface area contributed by atoms with E-state index in [1.165, 1.54) is 0 Å². The van der Waals surface area contributed by atoms with Gasteiger partial charge >= 0.3 is 0 Å². The van der Waals surface area contributed by atoms with Gasteiger partial charge in [-0.2, -0.15) is 0 Å². The highest BCUT2D eigenvalue weighted by atomic mass is 15.0. The van der Waals surface area contributed by atoms with Gasteiger partial charge in [0.2, 0.25) is 0 Å². The fourth-order valence-corrected chi connectivity index (χ4v) is 6.18. The number of hydrogen-bond donors (Lipinski definition) is 0. The Morgan fingerprint density at radius 2 is 0.898 bits per heavy atom. The molecule has 0 bridgehead atoms. The third-order valence-electron chi connectivity index (χ3n) is 8.50. The lowest BCUT2D eigenvalue weighted by Gasteiger charge is -2.11.